The van der Waals surface area contributed by atoms with Crippen LogP contribution in [0.4, 0.5) is 23.0 Å². The standard InChI is InChI=1S/C22H24N8O2/c1-4-17(31)14-10-24-18(26-22(32)12-5-6-12)9-15(14)25-21-20-13(7-8-23-21)19-16(11-29(20)2)30(3)28-27-19/h7-10,12H,4-6,11H2,1-3H3,(H2,23,24,25,26,32)/i1D3. The van der Waals surface area contributed by atoms with Gasteiger partial charge in [0.15, 0.2) is 11.6 Å². The maximum Gasteiger partial charge on any atom is 0.228 e. The van der Waals surface area contributed by atoms with Crippen molar-refractivity contribution in [1.29, 1.82) is 0 Å². The molecule has 3 aromatic rings. The van der Waals surface area contributed by atoms with Gasteiger partial charge in [-0.05, 0) is 18.9 Å². The lowest BCUT2D eigenvalue weighted by Crippen LogP contribution is -2.24. The molecule has 0 aromatic carbocycles. The molecule has 0 saturated heterocycles. The zero-order valence-electron chi connectivity index (χ0n) is 20.7. The van der Waals surface area contributed by atoms with Crippen LogP contribution in [0.5, 0.6) is 0 Å². The van der Waals surface area contributed by atoms with Crippen LogP contribution in [-0.4, -0.2) is 43.7 Å². The summed E-state index contributed by atoms with van der Waals surface area (Å²) in [6.45, 7) is -1.88. The monoisotopic (exact) mass is 435 g/mol. The number of hydrogen-bond acceptors (Lipinski definition) is 8. The minimum Gasteiger partial charge on any atom is -0.365 e. The van der Waals surface area contributed by atoms with E-state index in [1.165, 1.54) is 12.3 Å². The van der Waals surface area contributed by atoms with Gasteiger partial charge in [0, 0.05) is 54.6 Å². The highest BCUT2D eigenvalue weighted by molar-refractivity contribution is 6.03. The number of nitrogens with one attached hydrogen (secondary N) is 2. The molecular formula is C22H24N8O2. The van der Waals surface area contributed by atoms with Crippen molar-refractivity contribution in [3.8, 4) is 11.3 Å². The molecule has 164 valence electrons. The van der Waals surface area contributed by atoms with Gasteiger partial charge in [-0.15, -0.1) is 5.10 Å². The number of pyridine rings is 2. The molecule has 2 aliphatic rings. The number of carbonyl (C=O) groups is 2. The number of fused-ring (bicyclic) bond motifs is 3. The predicted molar refractivity (Wildman–Crippen MR) is 120 cm³/mol. The third-order valence-electron chi connectivity index (χ3n) is 5.71. The number of hydrogen-bond donors (Lipinski definition) is 2. The van der Waals surface area contributed by atoms with Gasteiger partial charge in [-0.2, -0.15) is 0 Å². The molecule has 3 aromatic heterocycles. The summed E-state index contributed by atoms with van der Waals surface area (Å²) >= 11 is 0. The maximum absolute atomic E-state index is 12.9. The van der Waals surface area contributed by atoms with Crippen LogP contribution < -0.4 is 15.5 Å². The van der Waals surface area contributed by atoms with Crippen molar-refractivity contribution in [2.24, 2.45) is 13.0 Å². The van der Waals surface area contributed by atoms with Crippen molar-refractivity contribution in [3.63, 3.8) is 0 Å². The molecule has 0 spiro atoms. The summed E-state index contributed by atoms with van der Waals surface area (Å²) in [5, 5.41) is 14.4. The average Bonchev–Trinajstić information content (AvgIpc) is 3.57. The molecule has 0 radical (unpaired) electrons. The predicted octanol–water partition coefficient (Wildman–Crippen LogP) is 2.91. The van der Waals surface area contributed by atoms with Crippen LogP contribution in [-0.2, 0) is 18.4 Å². The molecular weight excluding hydrogens is 408 g/mol. The summed E-state index contributed by atoms with van der Waals surface area (Å²) in [6, 6.07) is 3.38. The SMILES string of the molecule is [2H]C([2H])([2H])CC(=O)c1cnc(NC(=O)C2CC2)cc1Nc1nccc2c1N(C)Cc1c-2nnn1C. The molecule has 2 N–H and O–H groups in total. The molecule has 1 aliphatic heterocycles. The smallest absolute Gasteiger partial charge is 0.228 e. The number of rotatable bonds is 6. The maximum atomic E-state index is 12.9. The fraction of sp³-hybridized carbons (Fsp3) is 0.364. The van der Waals surface area contributed by atoms with Gasteiger partial charge in [-0.25, -0.2) is 14.6 Å². The summed E-state index contributed by atoms with van der Waals surface area (Å²) in [5.74, 6) is -0.0218. The van der Waals surface area contributed by atoms with E-state index in [0.717, 1.165) is 35.5 Å². The Bertz CT molecular complexity index is 1330. The van der Waals surface area contributed by atoms with Crippen LogP contribution in [0.25, 0.3) is 11.3 Å². The zero-order chi connectivity index (χ0) is 24.9. The summed E-state index contributed by atoms with van der Waals surface area (Å²) in [6.07, 6.45) is 3.95. The van der Waals surface area contributed by atoms with Gasteiger partial charge >= 0.3 is 0 Å². The molecule has 4 heterocycles. The van der Waals surface area contributed by atoms with E-state index in [9.17, 15) is 9.59 Å². The van der Waals surface area contributed by atoms with E-state index in [1.54, 1.807) is 10.9 Å². The fourth-order valence-electron chi connectivity index (χ4n) is 3.84. The number of amides is 1. The molecule has 1 fully saturated rings. The molecule has 0 bridgehead atoms. The highest BCUT2D eigenvalue weighted by Gasteiger charge is 2.30. The number of aryl methyl sites for hydroxylation is 1. The van der Waals surface area contributed by atoms with Gasteiger partial charge < -0.3 is 15.5 Å². The molecule has 10 heteroatoms. The molecule has 0 atom stereocenters. The van der Waals surface area contributed by atoms with E-state index < -0.39 is 19.1 Å². The summed E-state index contributed by atoms with van der Waals surface area (Å²) < 4.78 is 24.2. The Labute approximate surface area is 189 Å². The van der Waals surface area contributed by atoms with Gasteiger partial charge in [0.2, 0.25) is 5.91 Å². The minimum atomic E-state index is -2.43. The van der Waals surface area contributed by atoms with Gasteiger partial charge in [0.05, 0.1) is 29.2 Å². The van der Waals surface area contributed by atoms with Crippen LogP contribution >= 0.6 is 0 Å². The topological polar surface area (TPSA) is 118 Å². The van der Waals surface area contributed by atoms with E-state index in [-0.39, 0.29) is 23.2 Å². The van der Waals surface area contributed by atoms with Crippen molar-refractivity contribution in [2.75, 3.05) is 22.6 Å². The second kappa shape index (κ2) is 7.70. The second-order valence-corrected chi connectivity index (χ2v) is 8.02. The lowest BCUT2D eigenvalue weighted by molar-refractivity contribution is -0.117. The van der Waals surface area contributed by atoms with Gasteiger partial charge in [-0.3, -0.25) is 9.59 Å². The summed E-state index contributed by atoms with van der Waals surface area (Å²) in [7, 11) is 3.75. The normalized spacial score (nSPS) is 16.3. The Kier molecular flexibility index (Phi) is 4.05. The summed E-state index contributed by atoms with van der Waals surface area (Å²) in [4.78, 5) is 35.8. The van der Waals surface area contributed by atoms with E-state index in [1.807, 2.05) is 25.1 Å². The Morgan fingerprint density at radius 1 is 1.28 bits per heavy atom. The third kappa shape index (κ3) is 3.47. The van der Waals surface area contributed by atoms with E-state index in [2.05, 4.69) is 30.9 Å². The first kappa shape index (κ1) is 16.8. The minimum absolute atomic E-state index is 0.0253. The van der Waals surface area contributed by atoms with E-state index in [0.29, 0.717) is 18.1 Å². The lowest BCUT2D eigenvalue weighted by Gasteiger charge is -2.29. The third-order valence-corrected chi connectivity index (χ3v) is 5.71. The number of nitrogens with zero attached hydrogens (tertiary/aromatic N) is 6. The number of ketones is 1. The average molecular weight is 436 g/mol. The van der Waals surface area contributed by atoms with Crippen molar-refractivity contribution in [3.05, 3.63) is 35.8 Å². The highest BCUT2D eigenvalue weighted by atomic mass is 16.2. The van der Waals surface area contributed by atoms with Crippen molar-refractivity contribution < 1.29 is 13.7 Å². The van der Waals surface area contributed by atoms with E-state index in [4.69, 9.17) is 4.11 Å². The largest absolute Gasteiger partial charge is 0.365 e. The first-order valence-electron chi connectivity index (χ1n) is 11.8. The van der Waals surface area contributed by atoms with Crippen molar-refractivity contribution in [1.82, 2.24) is 25.0 Å². The Balaban J connectivity index is 1.54. The molecule has 5 rings (SSSR count). The van der Waals surface area contributed by atoms with Gasteiger partial charge in [-0.1, -0.05) is 12.1 Å². The number of carbonyl (C=O) groups excluding carboxylic acids is 2. The fourth-order valence-corrected chi connectivity index (χ4v) is 3.84. The van der Waals surface area contributed by atoms with Crippen LogP contribution in [0, 0.1) is 5.92 Å². The van der Waals surface area contributed by atoms with E-state index >= 15 is 0 Å². The molecule has 1 amide bonds. The molecule has 10 nitrogen and oxygen atoms in total. The molecule has 1 aliphatic carbocycles. The summed E-state index contributed by atoms with van der Waals surface area (Å²) in [5.41, 5.74) is 3.70. The first-order chi connectivity index (χ1) is 16.6. The van der Waals surface area contributed by atoms with Crippen molar-refractivity contribution >= 4 is 34.7 Å². The number of aromatic nitrogens is 5. The van der Waals surface area contributed by atoms with Gasteiger partial charge in [0.25, 0.3) is 0 Å². The Morgan fingerprint density at radius 2 is 2.12 bits per heavy atom. The number of Topliss-reactive ketones (excluding diaryl/α,β-unsaturated/α-hetero) is 1. The van der Waals surface area contributed by atoms with Crippen LogP contribution in [0.1, 0.15) is 46.3 Å². The van der Waals surface area contributed by atoms with Gasteiger partial charge in [0.1, 0.15) is 11.5 Å². The zero-order valence-corrected chi connectivity index (χ0v) is 17.7. The molecule has 0 unspecified atom stereocenters. The lowest BCUT2D eigenvalue weighted by atomic mass is 10.0. The Hall–Kier alpha value is -3.82. The number of anilines is 4. The highest BCUT2D eigenvalue weighted by Crippen LogP contribution is 2.42. The molecule has 1 saturated carbocycles. The van der Waals surface area contributed by atoms with Crippen LogP contribution in [0.3, 0.4) is 0 Å². The van der Waals surface area contributed by atoms with Crippen LogP contribution in [0.2, 0.25) is 0 Å². The second-order valence-electron chi connectivity index (χ2n) is 8.02. The van der Waals surface area contributed by atoms with Crippen molar-refractivity contribution in [2.45, 2.75) is 32.7 Å². The Morgan fingerprint density at radius 3 is 2.91 bits per heavy atom. The first-order valence-corrected chi connectivity index (χ1v) is 10.3. The van der Waals surface area contributed by atoms with Crippen LogP contribution in [0.15, 0.2) is 24.5 Å². The quantitative estimate of drug-likeness (QED) is 0.568. The molecule has 32 heavy (non-hydrogen) atoms.